The average Bonchev–Trinajstić information content (AvgIpc) is 2.76. The van der Waals surface area contributed by atoms with Gasteiger partial charge in [0.25, 0.3) is 5.91 Å². The van der Waals surface area contributed by atoms with E-state index in [4.69, 9.17) is 16.3 Å². The van der Waals surface area contributed by atoms with E-state index in [0.717, 1.165) is 22.6 Å². The number of aromatic nitrogens is 2. The van der Waals surface area contributed by atoms with E-state index in [-0.39, 0.29) is 12.5 Å². The Morgan fingerprint density at radius 1 is 1.43 bits per heavy atom. The molecule has 6 nitrogen and oxygen atoms in total. The van der Waals surface area contributed by atoms with Gasteiger partial charge in [0.15, 0.2) is 6.61 Å². The highest BCUT2D eigenvalue weighted by Gasteiger charge is 2.18. The molecule has 0 radical (unpaired) electrons. The van der Waals surface area contributed by atoms with Gasteiger partial charge in [-0.2, -0.15) is 5.10 Å². The summed E-state index contributed by atoms with van der Waals surface area (Å²) < 4.78 is 5.39. The quantitative estimate of drug-likeness (QED) is 0.814. The summed E-state index contributed by atoms with van der Waals surface area (Å²) in [5.74, 6) is 0.436. The molecule has 1 aromatic carbocycles. The Hall–Kier alpha value is -2.21. The van der Waals surface area contributed by atoms with Crippen molar-refractivity contribution in [3.8, 4) is 5.75 Å². The number of nitrogens with zero attached hydrogens (tertiary/aromatic N) is 1. The number of H-pyrrole nitrogens is 1. The smallest absolute Gasteiger partial charge is 0.262 e. The van der Waals surface area contributed by atoms with Crippen LogP contribution in [0, 0.1) is 13.8 Å². The molecule has 2 aromatic rings. The Balaban J connectivity index is 1.82. The minimum Gasteiger partial charge on any atom is -0.482 e. The van der Waals surface area contributed by atoms with Crippen molar-refractivity contribution in [1.29, 1.82) is 0 Å². The lowest BCUT2D eigenvalue weighted by atomic mass is 10.2. The van der Waals surface area contributed by atoms with Crippen LogP contribution >= 0.6 is 11.6 Å². The third-order valence-electron chi connectivity index (χ3n) is 3.44. The van der Waals surface area contributed by atoms with Crippen molar-refractivity contribution >= 4 is 28.9 Å². The van der Waals surface area contributed by atoms with Crippen LogP contribution in [0.25, 0.3) is 0 Å². The summed E-state index contributed by atoms with van der Waals surface area (Å²) in [5.41, 5.74) is 4.44. The van der Waals surface area contributed by atoms with Gasteiger partial charge in [-0.15, -0.1) is 0 Å². The van der Waals surface area contributed by atoms with Gasteiger partial charge in [0.05, 0.1) is 22.1 Å². The summed E-state index contributed by atoms with van der Waals surface area (Å²) in [6, 6.07) is 3.48. The lowest BCUT2D eigenvalue weighted by molar-refractivity contribution is -0.118. The fourth-order valence-electron chi connectivity index (χ4n) is 2.25. The first-order chi connectivity index (χ1) is 10.0. The number of carbonyl (C=O) groups excluding carboxylic acids is 1. The van der Waals surface area contributed by atoms with Gasteiger partial charge in [-0.1, -0.05) is 11.6 Å². The van der Waals surface area contributed by atoms with E-state index < -0.39 is 0 Å². The Bertz CT molecular complexity index is 692. The predicted molar refractivity (Wildman–Crippen MR) is 81.0 cm³/mol. The van der Waals surface area contributed by atoms with Crippen molar-refractivity contribution in [3.05, 3.63) is 34.1 Å². The molecule has 0 aliphatic carbocycles. The number of aromatic amines is 1. The second kappa shape index (κ2) is 5.29. The molecule has 0 unspecified atom stereocenters. The van der Waals surface area contributed by atoms with Crippen molar-refractivity contribution in [2.45, 2.75) is 20.4 Å². The van der Waals surface area contributed by atoms with Crippen molar-refractivity contribution in [2.24, 2.45) is 0 Å². The molecule has 2 heterocycles. The van der Waals surface area contributed by atoms with Crippen molar-refractivity contribution in [2.75, 3.05) is 17.2 Å². The molecule has 1 aliphatic rings. The summed E-state index contributed by atoms with van der Waals surface area (Å²) in [4.78, 5) is 11.3. The number of halogens is 1. The number of hydrogen-bond acceptors (Lipinski definition) is 4. The molecule has 21 heavy (non-hydrogen) atoms. The van der Waals surface area contributed by atoms with E-state index in [0.29, 0.717) is 23.0 Å². The Labute approximate surface area is 126 Å². The highest BCUT2D eigenvalue weighted by molar-refractivity contribution is 6.33. The Morgan fingerprint density at radius 3 is 2.95 bits per heavy atom. The third-order valence-corrected chi connectivity index (χ3v) is 3.75. The van der Waals surface area contributed by atoms with E-state index in [9.17, 15) is 4.79 Å². The minimum atomic E-state index is -0.177. The number of carbonyl (C=O) groups is 1. The predicted octanol–water partition coefficient (Wildman–Crippen LogP) is 2.62. The summed E-state index contributed by atoms with van der Waals surface area (Å²) in [5, 5.41) is 13.6. The van der Waals surface area contributed by atoms with Gasteiger partial charge in [0, 0.05) is 23.9 Å². The maximum absolute atomic E-state index is 11.3. The van der Waals surface area contributed by atoms with Crippen LogP contribution in [0.5, 0.6) is 5.75 Å². The molecule has 3 N–H and O–H groups in total. The summed E-state index contributed by atoms with van der Waals surface area (Å²) in [7, 11) is 0. The molecule has 1 amide bonds. The molecule has 3 rings (SSSR count). The van der Waals surface area contributed by atoms with Crippen LogP contribution in [0.15, 0.2) is 12.1 Å². The number of fused-ring (bicyclic) bond motifs is 1. The maximum atomic E-state index is 11.3. The van der Waals surface area contributed by atoms with Gasteiger partial charge >= 0.3 is 0 Å². The van der Waals surface area contributed by atoms with Crippen LogP contribution < -0.4 is 15.4 Å². The van der Waals surface area contributed by atoms with Crippen LogP contribution in [-0.2, 0) is 11.3 Å². The zero-order valence-corrected chi connectivity index (χ0v) is 12.5. The molecule has 110 valence electrons. The molecule has 0 saturated heterocycles. The molecule has 0 atom stereocenters. The van der Waals surface area contributed by atoms with Gasteiger partial charge < -0.3 is 15.4 Å². The third kappa shape index (κ3) is 2.67. The van der Waals surface area contributed by atoms with Crippen LogP contribution in [0.1, 0.15) is 17.0 Å². The molecule has 1 aromatic heterocycles. The molecule has 0 saturated carbocycles. The number of rotatable bonds is 3. The molecule has 7 heteroatoms. The summed E-state index contributed by atoms with van der Waals surface area (Å²) in [6.07, 6.45) is 0. The number of benzene rings is 1. The van der Waals surface area contributed by atoms with Gasteiger partial charge in [0.1, 0.15) is 5.75 Å². The van der Waals surface area contributed by atoms with Gasteiger partial charge in [0.2, 0.25) is 0 Å². The van der Waals surface area contributed by atoms with Crippen molar-refractivity contribution in [1.82, 2.24) is 10.2 Å². The SMILES string of the molecule is Cc1n[nH]c(C)c1CNc1cc2c(cc1Cl)NC(=O)CO2. The largest absolute Gasteiger partial charge is 0.482 e. The van der Waals surface area contributed by atoms with Crippen LogP contribution in [0.4, 0.5) is 11.4 Å². The first kappa shape index (κ1) is 13.8. The lowest BCUT2D eigenvalue weighted by Gasteiger charge is -2.20. The molecule has 0 spiro atoms. The zero-order chi connectivity index (χ0) is 15.0. The minimum absolute atomic E-state index is 0.0218. The van der Waals surface area contributed by atoms with E-state index in [1.165, 1.54) is 0 Å². The van der Waals surface area contributed by atoms with Gasteiger partial charge in [-0.05, 0) is 19.9 Å². The maximum Gasteiger partial charge on any atom is 0.262 e. The first-order valence-corrected chi connectivity index (χ1v) is 6.93. The van der Waals surface area contributed by atoms with E-state index in [1.807, 2.05) is 13.8 Å². The standard InChI is InChI=1S/C14H15ClN4O2/c1-7-9(8(2)19-18-7)5-16-11-4-13-12(3-10(11)15)17-14(20)6-21-13/h3-4,16H,5-6H2,1-2H3,(H,17,20)(H,18,19). The van der Waals surface area contributed by atoms with Crippen LogP contribution in [0.2, 0.25) is 5.02 Å². The van der Waals surface area contributed by atoms with E-state index in [1.54, 1.807) is 12.1 Å². The molecule has 0 bridgehead atoms. The molecular formula is C14H15ClN4O2. The molecule has 1 aliphatic heterocycles. The molecular weight excluding hydrogens is 292 g/mol. The first-order valence-electron chi connectivity index (χ1n) is 6.55. The fourth-order valence-corrected chi connectivity index (χ4v) is 2.48. The number of nitrogens with one attached hydrogen (secondary N) is 3. The number of amides is 1. The number of hydrogen-bond donors (Lipinski definition) is 3. The van der Waals surface area contributed by atoms with Gasteiger partial charge in [-0.3, -0.25) is 9.89 Å². The summed E-state index contributed by atoms with van der Waals surface area (Å²) in [6.45, 7) is 4.56. The van der Waals surface area contributed by atoms with Crippen molar-refractivity contribution < 1.29 is 9.53 Å². The highest BCUT2D eigenvalue weighted by Crippen LogP contribution is 2.36. The summed E-state index contributed by atoms with van der Waals surface area (Å²) >= 11 is 6.24. The van der Waals surface area contributed by atoms with Gasteiger partial charge in [-0.25, -0.2) is 0 Å². The van der Waals surface area contributed by atoms with Crippen LogP contribution in [-0.4, -0.2) is 22.7 Å². The topological polar surface area (TPSA) is 79.0 Å². The number of ether oxygens (including phenoxy) is 1. The lowest BCUT2D eigenvalue weighted by Crippen LogP contribution is -2.25. The highest BCUT2D eigenvalue weighted by atomic mass is 35.5. The Kier molecular flexibility index (Phi) is 3.47. The second-order valence-corrected chi connectivity index (χ2v) is 5.34. The Morgan fingerprint density at radius 2 is 2.24 bits per heavy atom. The zero-order valence-electron chi connectivity index (χ0n) is 11.7. The average molecular weight is 307 g/mol. The van der Waals surface area contributed by atoms with Crippen molar-refractivity contribution in [3.63, 3.8) is 0 Å². The second-order valence-electron chi connectivity index (χ2n) is 4.93. The fraction of sp³-hybridized carbons (Fsp3) is 0.286. The van der Waals surface area contributed by atoms with Crippen LogP contribution in [0.3, 0.4) is 0 Å². The molecule has 0 fully saturated rings. The van der Waals surface area contributed by atoms with E-state index in [2.05, 4.69) is 20.8 Å². The van der Waals surface area contributed by atoms with E-state index >= 15 is 0 Å². The monoisotopic (exact) mass is 306 g/mol. The number of aryl methyl sites for hydroxylation is 2. The number of anilines is 2. The normalized spacial score (nSPS) is 13.4.